The number of amides is 1. The quantitative estimate of drug-likeness (QED) is 0.340. The zero-order valence-corrected chi connectivity index (χ0v) is 21.7. The second-order valence-electron chi connectivity index (χ2n) is 8.99. The summed E-state index contributed by atoms with van der Waals surface area (Å²) >= 11 is 0. The van der Waals surface area contributed by atoms with E-state index in [1.54, 1.807) is 12.3 Å². The van der Waals surface area contributed by atoms with Gasteiger partial charge in [0, 0.05) is 43.8 Å². The van der Waals surface area contributed by atoms with Crippen molar-refractivity contribution >= 4 is 28.5 Å². The van der Waals surface area contributed by atoms with Crippen LogP contribution in [-0.2, 0) is 0 Å². The molecule has 2 N–H and O–H groups in total. The Morgan fingerprint density at radius 1 is 1.11 bits per heavy atom. The largest absolute Gasteiger partial charge is 0.394 e. The number of likely N-dealkylation sites (tertiary alicyclic amines) is 1. The van der Waals surface area contributed by atoms with Gasteiger partial charge in [0.15, 0.2) is 5.65 Å². The highest BCUT2D eigenvalue weighted by atomic mass is 16.2. The number of carbonyl (C=O) groups excluding carboxylic acids is 1. The highest BCUT2D eigenvalue weighted by Gasteiger charge is 2.24. The first-order chi connectivity index (χ1) is 18.1. The number of benzene rings is 1. The number of carbonyl (C=O) groups is 1. The molecular weight excluding hydrogens is 458 g/mol. The number of fused-ring (bicyclic) bond motifs is 1. The van der Waals surface area contributed by atoms with Gasteiger partial charge in [-0.25, -0.2) is 4.98 Å². The Bertz CT molecular complexity index is 1350. The Morgan fingerprint density at radius 3 is 2.51 bits per heavy atom. The molecular formula is C31H35N5O. The molecule has 3 aromatic rings. The lowest BCUT2D eigenvalue weighted by atomic mass is 9.88. The van der Waals surface area contributed by atoms with Crippen LogP contribution in [0.2, 0.25) is 0 Å². The van der Waals surface area contributed by atoms with Crippen molar-refractivity contribution < 1.29 is 4.79 Å². The third-order valence-corrected chi connectivity index (χ3v) is 6.80. The highest BCUT2D eigenvalue weighted by Crippen LogP contribution is 2.28. The molecule has 0 atom stereocenters. The summed E-state index contributed by atoms with van der Waals surface area (Å²) in [6.07, 6.45) is 17.4. The van der Waals surface area contributed by atoms with Gasteiger partial charge in [0.25, 0.3) is 5.91 Å². The Balaban J connectivity index is 1.45. The SMILES string of the molecule is C=C/C=C(\C=C)C1CCN(C(=O)c2ccc(Nc3ccc(C(/C=C\NC)=C/C)n4ccnc34)cc2)CC1. The van der Waals surface area contributed by atoms with Gasteiger partial charge in [-0.2, -0.15) is 0 Å². The van der Waals surface area contributed by atoms with E-state index in [1.807, 2.05) is 79.8 Å². The topological polar surface area (TPSA) is 61.7 Å². The Morgan fingerprint density at radius 2 is 1.86 bits per heavy atom. The van der Waals surface area contributed by atoms with Gasteiger partial charge < -0.3 is 15.5 Å². The lowest BCUT2D eigenvalue weighted by Gasteiger charge is -2.32. The van der Waals surface area contributed by atoms with Crippen LogP contribution in [0, 0.1) is 5.92 Å². The number of anilines is 2. The number of piperidine rings is 1. The van der Waals surface area contributed by atoms with E-state index in [-0.39, 0.29) is 5.91 Å². The van der Waals surface area contributed by atoms with E-state index < -0.39 is 0 Å². The molecule has 0 aliphatic carbocycles. The molecule has 0 saturated carbocycles. The van der Waals surface area contributed by atoms with Crippen LogP contribution in [0.1, 0.15) is 35.8 Å². The fourth-order valence-corrected chi connectivity index (χ4v) is 4.81. The van der Waals surface area contributed by atoms with Gasteiger partial charge in [0.1, 0.15) is 0 Å². The Labute approximate surface area is 219 Å². The van der Waals surface area contributed by atoms with Crippen molar-refractivity contribution in [2.75, 3.05) is 25.5 Å². The minimum absolute atomic E-state index is 0.0753. The van der Waals surface area contributed by atoms with Gasteiger partial charge in [0.05, 0.1) is 11.4 Å². The average molecular weight is 494 g/mol. The minimum atomic E-state index is 0.0753. The summed E-state index contributed by atoms with van der Waals surface area (Å²) in [4.78, 5) is 19.6. The number of nitrogens with zero attached hydrogens (tertiary/aromatic N) is 3. The smallest absolute Gasteiger partial charge is 0.253 e. The van der Waals surface area contributed by atoms with E-state index >= 15 is 0 Å². The standard InChI is InChI=1S/C31H35N5O/c1-5-8-23(6-2)25-16-20-35(21-17-25)31(37)26-9-11-27(12-10-26)34-28-13-14-29(24(7-3)15-18-32-4)36-22-19-33-30(28)36/h5-15,18-19,22,25,32,34H,1-2,16-17,20-21H2,3-4H3/b18-15-,23-8+,24-7+. The molecule has 37 heavy (non-hydrogen) atoms. The van der Waals surface area contributed by atoms with E-state index in [2.05, 4.69) is 45.3 Å². The van der Waals surface area contributed by atoms with Crippen LogP contribution in [0.3, 0.4) is 0 Å². The van der Waals surface area contributed by atoms with Gasteiger partial charge in [-0.3, -0.25) is 9.20 Å². The van der Waals surface area contributed by atoms with Crippen molar-refractivity contribution in [3.05, 3.63) is 115 Å². The van der Waals surface area contributed by atoms with Crippen LogP contribution in [-0.4, -0.2) is 40.3 Å². The summed E-state index contributed by atoms with van der Waals surface area (Å²) in [5.74, 6) is 0.506. The lowest BCUT2D eigenvalue weighted by molar-refractivity contribution is 0.0703. The fraction of sp³-hybridized carbons (Fsp3) is 0.226. The van der Waals surface area contributed by atoms with Gasteiger partial charge in [-0.05, 0) is 85.5 Å². The summed E-state index contributed by atoms with van der Waals surface area (Å²) in [7, 11) is 1.88. The third kappa shape index (κ3) is 5.75. The first kappa shape index (κ1) is 25.8. The number of rotatable bonds is 9. The molecule has 0 radical (unpaired) electrons. The number of nitrogens with one attached hydrogen (secondary N) is 2. The maximum Gasteiger partial charge on any atom is 0.253 e. The molecule has 4 rings (SSSR count). The number of hydrogen-bond acceptors (Lipinski definition) is 4. The normalized spacial score (nSPS) is 15.2. The molecule has 3 heterocycles. The van der Waals surface area contributed by atoms with Crippen LogP contribution < -0.4 is 10.6 Å². The highest BCUT2D eigenvalue weighted by molar-refractivity contribution is 5.94. The zero-order valence-electron chi connectivity index (χ0n) is 21.7. The van der Waals surface area contributed by atoms with Gasteiger partial charge in [-0.15, -0.1) is 0 Å². The van der Waals surface area contributed by atoms with Gasteiger partial charge >= 0.3 is 0 Å². The zero-order chi connectivity index (χ0) is 26.2. The van der Waals surface area contributed by atoms with Crippen molar-refractivity contribution in [2.24, 2.45) is 5.92 Å². The van der Waals surface area contributed by atoms with Crippen molar-refractivity contribution in [1.82, 2.24) is 19.6 Å². The molecule has 0 bridgehead atoms. The molecule has 1 aliphatic heterocycles. The molecule has 190 valence electrons. The predicted octanol–water partition coefficient (Wildman–Crippen LogP) is 6.36. The number of imidazole rings is 1. The van der Waals surface area contributed by atoms with Gasteiger partial charge in [-0.1, -0.05) is 37.5 Å². The number of allylic oxidation sites excluding steroid dienone is 7. The molecule has 1 saturated heterocycles. The summed E-state index contributed by atoms with van der Waals surface area (Å²) in [5.41, 5.74) is 6.68. The summed E-state index contributed by atoms with van der Waals surface area (Å²) in [5, 5.41) is 6.50. The van der Waals surface area contributed by atoms with Crippen LogP contribution in [0.5, 0.6) is 0 Å². The molecule has 2 aromatic heterocycles. The average Bonchev–Trinajstić information content (AvgIpc) is 3.44. The van der Waals surface area contributed by atoms with E-state index in [0.717, 1.165) is 54.2 Å². The van der Waals surface area contributed by atoms with Gasteiger partial charge in [0.2, 0.25) is 0 Å². The van der Waals surface area contributed by atoms with Crippen molar-refractivity contribution in [3.63, 3.8) is 0 Å². The maximum atomic E-state index is 13.1. The van der Waals surface area contributed by atoms with E-state index in [9.17, 15) is 4.79 Å². The molecule has 6 nitrogen and oxygen atoms in total. The second kappa shape index (κ2) is 12.1. The molecule has 1 amide bonds. The molecule has 1 aromatic carbocycles. The molecule has 6 heteroatoms. The van der Waals surface area contributed by atoms with E-state index in [0.29, 0.717) is 11.5 Å². The molecule has 1 aliphatic rings. The molecule has 0 spiro atoms. The Hall–Kier alpha value is -4.32. The van der Waals surface area contributed by atoms with Crippen LogP contribution in [0.15, 0.2) is 104 Å². The number of hydrogen-bond donors (Lipinski definition) is 2. The predicted molar refractivity (Wildman–Crippen MR) is 154 cm³/mol. The summed E-state index contributed by atoms with van der Waals surface area (Å²) in [6.45, 7) is 11.2. The van der Waals surface area contributed by atoms with Crippen molar-refractivity contribution in [3.8, 4) is 0 Å². The third-order valence-electron chi connectivity index (χ3n) is 6.80. The number of pyridine rings is 1. The fourth-order valence-electron chi connectivity index (χ4n) is 4.81. The Kier molecular flexibility index (Phi) is 8.41. The first-order valence-corrected chi connectivity index (χ1v) is 12.7. The van der Waals surface area contributed by atoms with E-state index in [4.69, 9.17) is 0 Å². The van der Waals surface area contributed by atoms with Crippen molar-refractivity contribution in [2.45, 2.75) is 19.8 Å². The maximum absolute atomic E-state index is 13.1. The first-order valence-electron chi connectivity index (χ1n) is 12.7. The van der Waals surface area contributed by atoms with Crippen LogP contribution in [0.4, 0.5) is 11.4 Å². The molecule has 0 unspecified atom stereocenters. The monoisotopic (exact) mass is 493 g/mol. The lowest BCUT2D eigenvalue weighted by Crippen LogP contribution is -2.38. The van der Waals surface area contributed by atoms with Crippen LogP contribution >= 0.6 is 0 Å². The number of aromatic nitrogens is 2. The van der Waals surface area contributed by atoms with Crippen molar-refractivity contribution in [1.29, 1.82) is 0 Å². The van der Waals surface area contributed by atoms with E-state index in [1.165, 1.54) is 5.57 Å². The summed E-state index contributed by atoms with van der Waals surface area (Å²) in [6, 6.07) is 11.8. The molecule has 1 fully saturated rings. The second-order valence-corrected chi connectivity index (χ2v) is 8.99. The van der Waals surface area contributed by atoms with Crippen LogP contribution in [0.25, 0.3) is 11.2 Å². The minimum Gasteiger partial charge on any atom is -0.394 e. The summed E-state index contributed by atoms with van der Waals surface area (Å²) < 4.78 is 2.07.